The van der Waals surface area contributed by atoms with E-state index >= 15 is 0 Å². The molecule has 2 aliphatic rings. The van der Waals surface area contributed by atoms with Crippen molar-refractivity contribution in [3.63, 3.8) is 0 Å². The fraction of sp³-hybridized carbons (Fsp3) is 0.917. The zero-order valence-corrected chi connectivity index (χ0v) is 10.4. The summed E-state index contributed by atoms with van der Waals surface area (Å²) in [6.45, 7) is 2.98. The van der Waals surface area contributed by atoms with Crippen LogP contribution in [0.2, 0.25) is 0 Å². The summed E-state index contributed by atoms with van der Waals surface area (Å²) >= 11 is 0. The maximum absolute atomic E-state index is 12.1. The van der Waals surface area contributed by atoms with Crippen LogP contribution in [0.5, 0.6) is 0 Å². The van der Waals surface area contributed by atoms with Crippen molar-refractivity contribution in [1.82, 2.24) is 10.2 Å². The Morgan fingerprint density at radius 2 is 2.12 bits per heavy atom. The largest absolute Gasteiger partial charge is 0.388 e. The summed E-state index contributed by atoms with van der Waals surface area (Å²) in [6.07, 6.45) is 2.03. The van der Waals surface area contributed by atoms with Crippen molar-refractivity contribution in [2.75, 3.05) is 33.3 Å². The standard InChI is InChI=1S/C12H22N2O3/c1-17-11-8-14(7-10(11)15)12(16)6-9-2-4-13-5-3-9/h9-11,13,15H,2-8H2,1H3/t10-,11-/m0/s1. The van der Waals surface area contributed by atoms with Crippen molar-refractivity contribution in [2.45, 2.75) is 31.5 Å². The van der Waals surface area contributed by atoms with Gasteiger partial charge in [-0.1, -0.05) is 0 Å². The Hall–Kier alpha value is -0.650. The van der Waals surface area contributed by atoms with E-state index in [1.807, 2.05) is 0 Å². The minimum absolute atomic E-state index is 0.163. The Labute approximate surface area is 102 Å². The number of hydrogen-bond donors (Lipinski definition) is 2. The second kappa shape index (κ2) is 5.80. The minimum Gasteiger partial charge on any atom is -0.388 e. The zero-order valence-electron chi connectivity index (χ0n) is 10.4. The average molecular weight is 242 g/mol. The number of ether oxygens (including phenoxy) is 1. The normalized spacial score (nSPS) is 30.8. The summed E-state index contributed by atoms with van der Waals surface area (Å²) in [5.41, 5.74) is 0. The van der Waals surface area contributed by atoms with Gasteiger partial charge in [0.25, 0.3) is 0 Å². The van der Waals surface area contributed by atoms with E-state index in [1.165, 1.54) is 0 Å². The van der Waals surface area contributed by atoms with Gasteiger partial charge in [-0.05, 0) is 31.8 Å². The molecule has 2 fully saturated rings. The summed E-state index contributed by atoms with van der Waals surface area (Å²) in [5, 5.41) is 13.0. The van der Waals surface area contributed by atoms with Crippen molar-refractivity contribution in [2.24, 2.45) is 5.92 Å². The third-order valence-corrected chi connectivity index (χ3v) is 3.81. The van der Waals surface area contributed by atoms with Gasteiger partial charge in [0.1, 0.15) is 6.10 Å². The molecule has 1 amide bonds. The number of methoxy groups -OCH3 is 1. The van der Waals surface area contributed by atoms with Crippen molar-refractivity contribution in [3.8, 4) is 0 Å². The molecule has 2 atom stereocenters. The van der Waals surface area contributed by atoms with Crippen LogP contribution in [0.4, 0.5) is 0 Å². The maximum Gasteiger partial charge on any atom is 0.223 e. The van der Waals surface area contributed by atoms with Crippen molar-refractivity contribution in [1.29, 1.82) is 0 Å². The number of carbonyl (C=O) groups excluding carboxylic acids is 1. The predicted octanol–water partition coefficient (Wildman–Crippen LogP) is -0.406. The van der Waals surface area contributed by atoms with Crippen LogP contribution in [0.3, 0.4) is 0 Å². The van der Waals surface area contributed by atoms with E-state index in [9.17, 15) is 9.90 Å². The van der Waals surface area contributed by atoms with Gasteiger partial charge in [-0.2, -0.15) is 0 Å². The van der Waals surface area contributed by atoms with Gasteiger partial charge in [0.05, 0.1) is 6.10 Å². The Bertz CT molecular complexity index is 266. The first-order valence-corrected chi connectivity index (χ1v) is 6.40. The molecule has 2 N–H and O–H groups in total. The first kappa shape index (κ1) is 12.8. The molecule has 2 heterocycles. The molecule has 5 heteroatoms. The third kappa shape index (κ3) is 3.18. The van der Waals surface area contributed by atoms with Gasteiger partial charge in [-0.15, -0.1) is 0 Å². The van der Waals surface area contributed by atoms with E-state index in [1.54, 1.807) is 12.0 Å². The number of hydrogen-bond acceptors (Lipinski definition) is 4. The Kier molecular flexibility index (Phi) is 4.36. The molecule has 0 spiro atoms. The highest BCUT2D eigenvalue weighted by atomic mass is 16.5. The number of aliphatic hydroxyl groups is 1. The highest BCUT2D eigenvalue weighted by molar-refractivity contribution is 5.76. The topological polar surface area (TPSA) is 61.8 Å². The molecule has 0 aliphatic carbocycles. The van der Waals surface area contributed by atoms with Gasteiger partial charge < -0.3 is 20.1 Å². The molecule has 2 saturated heterocycles. The molecule has 2 rings (SSSR count). The van der Waals surface area contributed by atoms with Crippen LogP contribution >= 0.6 is 0 Å². The van der Waals surface area contributed by atoms with Crippen LogP contribution in [0, 0.1) is 5.92 Å². The smallest absolute Gasteiger partial charge is 0.223 e. The molecule has 0 unspecified atom stereocenters. The number of rotatable bonds is 3. The quantitative estimate of drug-likeness (QED) is 0.706. The minimum atomic E-state index is -0.531. The summed E-state index contributed by atoms with van der Waals surface area (Å²) in [6, 6.07) is 0. The molecule has 0 bridgehead atoms. The van der Waals surface area contributed by atoms with E-state index < -0.39 is 6.10 Å². The fourth-order valence-corrected chi connectivity index (χ4v) is 2.65. The molecule has 0 aromatic carbocycles. The lowest BCUT2D eigenvalue weighted by Crippen LogP contribution is -2.34. The molecule has 5 nitrogen and oxygen atoms in total. The Morgan fingerprint density at radius 1 is 1.41 bits per heavy atom. The number of piperidine rings is 1. The number of β-amino-alcohol motifs (C(OH)–C–C–N with tert-alkyl or cyclic N) is 1. The molecular formula is C12H22N2O3. The van der Waals surface area contributed by atoms with E-state index in [-0.39, 0.29) is 12.0 Å². The summed E-state index contributed by atoms with van der Waals surface area (Å²) in [4.78, 5) is 13.8. The number of likely N-dealkylation sites (tertiary alicyclic amines) is 1. The molecule has 0 aromatic heterocycles. The third-order valence-electron chi connectivity index (χ3n) is 3.81. The fourth-order valence-electron chi connectivity index (χ4n) is 2.65. The van der Waals surface area contributed by atoms with Crippen molar-refractivity contribution < 1.29 is 14.6 Å². The van der Waals surface area contributed by atoms with E-state index in [0.29, 0.717) is 25.4 Å². The predicted molar refractivity (Wildman–Crippen MR) is 63.6 cm³/mol. The monoisotopic (exact) mass is 242 g/mol. The Balaban J connectivity index is 1.80. The van der Waals surface area contributed by atoms with E-state index in [2.05, 4.69) is 5.32 Å². The second-order valence-electron chi connectivity index (χ2n) is 5.04. The van der Waals surface area contributed by atoms with Crippen LogP contribution in [-0.2, 0) is 9.53 Å². The van der Waals surface area contributed by atoms with Crippen LogP contribution < -0.4 is 5.32 Å². The molecule has 0 saturated carbocycles. The first-order valence-electron chi connectivity index (χ1n) is 6.40. The van der Waals surface area contributed by atoms with Crippen LogP contribution in [-0.4, -0.2) is 61.4 Å². The summed E-state index contributed by atoms with van der Waals surface area (Å²) < 4.78 is 5.14. The van der Waals surface area contributed by atoms with Gasteiger partial charge in [-0.25, -0.2) is 0 Å². The first-order chi connectivity index (χ1) is 8.20. The molecular weight excluding hydrogens is 220 g/mol. The molecule has 98 valence electrons. The van der Waals surface area contributed by atoms with Gasteiger partial charge in [-0.3, -0.25) is 4.79 Å². The zero-order chi connectivity index (χ0) is 12.3. The lowest BCUT2D eigenvalue weighted by Gasteiger charge is -2.24. The number of carbonyl (C=O) groups is 1. The highest BCUT2D eigenvalue weighted by Crippen LogP contribution is 2.20. The van der Waals surface area contributed by atoms with Crippen LogP contribution in [0.1, 0.15) is 19.3 Å². The van der Waals surface area contributed by atoms with Gasteiger partial charge in [0.15, 0.2) is 0 Å². The summed E-state index contributed by atoms with van der Waals surface area (Å²) in [7, 11) is 1.58. The van der Waals surface area contributed by atoms with Crippen LogP contribution in [0.25, 0.3) is 0 Å². The van der Waals surface area contributed by atoms with Crippen molar-refractivity contribution >= 4 is 5.91 Å². The maximum atomic E-state index is 12.1. The summed E-state index contributed by atoms with van der Waals surface area (Å²) in [5.74, 6) is 0.665. The average Bonchev–Trinajstić information content (AvgIpc) is 2.72. The van der Waals surface area contributed by atoms with Crippen molar-refractivity contribution in [3.05, 3.63) is 0 Å². The lowest BCUT2D eigenvalue weighted by atomic mass is 9.94. The second-order valence-corrected chi connectivity index (χ2v) is 5.04. The number of amides is 1. The van der Waals surface area contributed by atoms with E-state index in [0.717, 1.165) is 25.9 Å². The lowest BCUT2D eigenvalue weighted by molar-refractivity contribution is -0.131. The molecule has 2 aliphatic heterocycles. The molecule has 17 heavy (non-hydrogen) atoms. The van der Waals surface area contributed by atoms with Gasteiger partial charge in [0, 0.05) is 26.6 Å². The number of nitrogens with zero attached hydrogens (tertiary/aromatic N) is 1. The molecule has 0 radical (unpaired) electrons. The van der Waals surface area contributed by atoms with Crippen LogP contribution in [0.15, 0.2) is 0 Å². The van der Waals surface area contributed by atoms with Gasteiger partial charge in [0.2, 0.25) is 5.91 Å². The molecule has 0 aromatic rings. The SMILES string of the molecule is CO[C@H]1CN(C(=O)CC2CCNCC2)C[C@@H]1O. The van der Waals surface area contributed by atoms with E-state index in [4.69, 9.17) is 4.74 Å². The Morgan fingerprint density at radius 3 is 2.71 bits per heavy atom. The number of aliphatic hydroxyl groups excluding tert-OH is 1. The number of nitrogens with one attached hydrogen (secondary N) is 1. The highest BCUT2D eigenvalue weighted by Gasteiger charge is 2.34. The van der Waals surface area contributed by atoms with Gasteiger partial charge >= 0.3 is 0 Å².